The van der Waals surface area contributed by atoms with E-state index in [4.69, 9.17) is 9.47 Å². The fourth-order valence-corrected chi connectivity index (χ4v) is 5.77. The Morgan fingerprint density at radius 3 is 1.19 bits per heavy atom. The van der Waals surface area contributed by atoms with Crippen molar-refractivity contribution >= 4 is 58.0 Å². The van der Waals surface area contributed by atoms with Crippen LogP contribution in [0.4, 0.5) is 0 Å². The standard InChI is InChI=1S/2C18H22O4S.Ca/c2*1-2-3-4-6-9-15-14-17(23(19,20)21)12-13-18(15)22-16-10-7-5-8-11-16;/h2*5,7-8,10-14H,2-4,6,9H2,1H3,(H,19,20,21);/q;;+2/p-2. The minimum atomic E-state index is -4.46. The van der Waals surface area contributed by atoms with Gasteiger partial charge < -0.3 is 18.6 Å². The molecule has 0 fully saturated rings. The number of aryl methyl sites for hydroxylation is 2. The molecule has 248 valence electrons. The molecule has 0 aliphatic heterocycles. The SMILES string of the molecule is CCCCCCc1cc(S(=O)(=O)[O-])ccc1Oc1ccccc1.CCCCCCc1cc(S(=O)(=O)[O-])ccc1Oc1ccccc1.[Ca+2]. The zero-order valence-electron chi connectivity index (χ0n) is 27.1. The van der Waals surface area contributed by atoms with Gasteiger partial charge in [0.25, 0.3) is 0 Å². The third kappa shape index (κ3) is 14.7. The van der Waals surface area contributed by atoms with Crippen molar-refractivity contribution in [2.45, 2.75) is 87.8 Å². The van der Waals surface area contributed by atoms with Gasteiger partial charge in [-0.05, 0) is 97.5 Å². The smallest absolute Gasteiger partial charge is 0.744 e. The topological polar surface area (TPSA) is 133 Å². The number of hydrogen-bond donors (Lipinski definition) is 0. The van der Waals surface area contributed by atoms with Gasteiger partial charge in [0, 0.05) is 0 Å². The fourth-order valence-electron chi connectivity index (χ4n) is 4.73. The van der Waals surface area contributed by atoms with Gasteiger partial charge >= 0.3 is 37.7 Å². The number of ether oxygens (including phenoxy) is 2. The van der Waals surface area contributed by atoms with E-state index in [1.165, 1.54) is 24.3 Å². The van der Waals surface area contributed by atoms with Crippen LogP contribution in [0.1, 0.15) is 76.3 Å². The number of hydrogen-bond acceptors (Lipinski definition) is 8. The van der Waals surface area contributed by atoms with Gasteiger partial charge in [-0.25, -0.2) is 16.8 Å². The molecule has 0 heterocycles. The first-order valence-corrected chi connectivity index (χ1v) is 18.5. The molecule has 47 heavy (non-hydrogen) atoms. The Balaban J connectivity index is 0.000000320. The van der Waals surface area contributed by atoms with E-state index in [0.29, 0.717) is 35.8 Å². The molecule has 0 unspecified atom stereocenters. The molecular weight excluding hydrogens is 665 g/mol. The molecule has 8 nitrogen and oxygen atoms in total. The summed E-state index contributed by atoms with van der Waals surface area (Å²) < 4.78 is 79.1. The summed E-state index contributed by atoms with van der Waals surface area (Å²) in [6.07, 6.45) is 9.89. The van der Waals surface area contributed by atoms with E-state index in [0.717, 1.165) is 62.5 Å². The Bertz CT molecular complexity index is 1580. The minimum absolute atomic E-state index is 0. The Labute approximate surface area is 310 Å². The van der Waals surface area contributed by atoms with Gasteiger partial charge in [0.15, 0.2) is 0 Å². The summed E-state index contributed by atoms with van der Waals surface area (Å²) in [4.78, 5) is -0.410. The van der Waals surface area contributed by atoms with Crippen LogP contribution in [0.5, 0.6) is 23.0 Å². The van der Waals surface area contributed by atoms with Crippen LogP contribution in [0.3, 0.4) is 0 Å². The molecule has 4 aromatic carbocycles. The second-order valence-corrected chi connectivity index (χ2v) is 13.7. The number of rotatable bonds is 16. The fraction of sp³-hybridized carbons (Fsp3) is 0.333. The van der Waals surface area contributed by atoms with Gasteiger partial charge in [0.1, 0.15) is 43.2 Å². The van der Waals surface area contributed by atoms with Gasteiger partial charge in [-0.3, -0.25) is 0 Å². The van der Waals surface area contributed by atoms with Crippen molar-refractivity contribution in [3.05, 3.63) is 108 Å². The van der Waals surface area contributed by atoms with Gasteiger partial charge in [0.2, 0.25) is 0 Å². The van der Waals surface area contributed by atoms with Crippen LogP contribution in [0, 0.1) is 0 Å². The van der Waals surface area contributed by atoms with Gasteiger partial charge in [-0.15, -0.1) is 0 Å². The van der Waals surface area contributed by atoms with Crippen LogP contribution in [0.15, 0.2) is 107 Å². The zero-order valence-corrected chi connectivity index (χ0v) is 30.9. The number of unbranched alkanes of at least 4 members (excludes halogenated alkanes) is 6. The molecule has 0 bridgehead atoms. The number of para-hydroxylation sites is 2. The first-order chi connectivity index (χ1) is 22.0. The molecule has 0 radical (unpaired) electrons. The molecule has 0 atom stereocenters. The summed E-state index contributed by atoms with van der Waals surface area (Å²) in [5.74, 6) is 2.56. The molecule has 0 aromatic heterocycles. The summed E-state index contributed by atoms with van der Waals surface area (Å²) in [5.41, 5.74) is 1.50. The average molecular weight is 707 g/mol. The monoisotopic (exact) mass is 706 g/mol. The Kier molecular flexibility index (Phi) is 18.0. The predicted molar refractivity (Wildman–Crippen MR) is 183 cm³/mol. The van der Waals surface area contributed by atoms with Crippen molar-refractivity contribution in [2.75, 3.05) is 0 Å². The van der Waals surface area contributed by atoms with E-state index in [9.17, 15) is 25.9 Å². The molecule has 0 saturated carbocycles. The summed E-state index contributed by atoms with van der Waals surface area (Å²) >= 11 is 0. The van der Waals surface area contributed by atoms with E-state index < -0.39 is 20.2 Å². The quantitative estimate of drug-likeness (QED) is 0.0643. The molecular formula is C36H42CaO8S2. The van der Waals surface area contributed by atoms with E-state index in [2.05, 4.69) is 13.8 Å². The van der Waals surface area contributed by atoms with Crippen LogP contribution < -0.4 is 9.47 Å². The van der Waals surface area contributed by atoms with Crippen LogP contribution >= 0.6 is 0 Å². The third-order valence-corrected chi connectivity index (χ3v) is 8.85. The average Bonchev–Trinajstić information content (AvgIpc) is 3.03. The van der Waals surface area contributed by atoms with Crippen LogP contribution in [-0.4, -0.2) is 63.7 Å². The molecule has 0 N–H and O–H groups in total. The zero-order chi connectivity index (χ0) is 33.4. The maximum absolute atomic E-state index is 11.2. The molecule has 0 aliphatic carbocycles. The first-order valence-electron chi connectivity index (χ1n) is 15.6. The van der Waals surface area contributed by atoms with Crippen LogP contribution in [-0.2, 0) is 33.1 Å². The van der Waals surface area contributed by atoms with Crippen molar-refractivity contribution in [2.24, 2.45) is 0 Å². The van der Waals surface area contributed by atoms with Crippen LogP contribution in [0.2, 0.25) is 0 Å². The Hall–Kier alpha value is -2.44. The largest absolute Gasteiger partial charge is 2.00 e. The van der Waals surface area contributed by atoms with Gasteiger partial charge in [0.05, 0.1) is 9.79 Å². The molecule has 0 aliphatic rings. The molecule has 0 saturated heterocycles. The minimum Gasteiger partial charge on any atom is -0.744 e. The normalized spacial score (nSPS) is 11.1. The molecule has 4 rings (SSSR count). The van der Waals surface area contributed by atoms with Crippen molar-refractivity contribution in [3.63, 3.8) is 0 Å². The second kappa shape index (κ2) is 20.8. The van der Waals surface area contributed by atoms with Gasteiger partial charge in [-0.2, -0.15) is 0 Å². The molecule has 4 aromatic rings. The maximum atomic E-state index is 11.2. The van der Waals surface area contributed by atoms with Crippen molar-refractivity contribution in [1.29, 1.82) is 0 Å². The first kappa shape index (κ1) is 40.7. The summed E-state index contributed by atoms with van der Waals surface area (Å²) in [5, 5.41) is 0. The van der Waals surface area contributed by atoms with E-state index in [1.807, 2.05) is 60.7 Å². The summed E-state index contributed by atoms with van der Waals surface area (Å²) in [7, 11) is -8.91. The van der Waals surface area contributed by atoms with E-state index >= 15 is 0 Å². The van der Waals surface area contributed by atoms with E-state index in [1.54, 1.807) is 12.1 Å². The second-order valence-electron chi connectivity index (χ2n) is 10.9. The predicted octanol–water partition coefficient (Wildman–Crippen LogP) is 8.63. The molecule has 11 heteroatoms. The number of benzene rings is 4. The van der Waals surface area contributed by atoms with Crippen molar-refractivity contribution in [3.8, 4) is 23.0 Å². The summed E-state index contributed by atoms with van der Waals surface area (Å²) in [6, 6.07) is 27.2. The van der Waals surface area contributed by atoms with Crippen LogP contribution in [0.25, 0.3) is 0 Å². The molecule has 0 amide bonds. The van der Waals surface area contributed by atoms with Gasteiger partial charge in [-0.1, -0.05) is 88.8 Å². The molecule has 0 spiro atoms. The van der Waals surface area contributed by atoms with Crippen molar-refractivity contribution in [1.82, 2.24) is 0 Å². The van der Waals surface area contributed by atoms with Crippen molar-refractivity contribution < 1.29 is 35.4 Å². The summed E-state index contributed by atoms with van der Waals surface area (Å²) in [6.45, 7) is 4.27. The van der Waals surface area contributed by atoms with E-state index in [-0.39, 0.29) is 47.5 Å². The Morgan fingerprint density at radius 1 is 0.511 bits per heavy atom. The Morgan fingerprint density at radius 2 is 0.872 bits per heavy atom. The third-order valence-electron chi connectivity index (χ3n) is 7.18. The maximum Gasteiger partial charge on any atom is 2.00 e.